The molecule has 0 radical (unpaired) electrons. The smallest absolute Gasteiger partial charge is 0.178 e. The summed E-state index contributed by atoms with van der Waals surface area (Å²) in [6.07, 6.45) is 8.38. The Morgan fingerprint density at radius 3 is 3.08 bits per heavy atom. The van der Waals surface area contributed by atoms with Crippen molar-refractivity contribution < 1.29 is 0 Å². The van der Waals surface area contributed by atoms with Crippen LogP contribution in [0.25, 0.3) is 11.2 Å². The van der Waals surface area contributed by atoms with E-state index >= 15 is 0 Å². The van der Waals surface area contributed by atoms with E-state index in [0.717, 1.165) is 5.52 Å². The van der Waals surface area contributed by atoms with Gasteiger partial charge in [-0.15, -0.1) is 6.42 Å². The minimum Gasteiger partial charge on any atom is -0.235 e. The highest BCUT2D eigenvalue weighted by Gasteiger charge is 1.95. The quantitative estimate of drug-likeness (QED) is 0.533. The van der Waals surface area contributed by atoms with E-state index in [0.29, 0.717) is 11.3 Å². The van der Waals surface area contributed by atoms with Crippen LogP contribution in [0.3, 0.4) is 0 Å². The summed E-state index contributed by atoms with van der Waals surface area (Å²) in [5, 5.41) is 0. The summed E-state index contributed by atoms with van der Waals surface area (Å²) in [5.74, 6) is 2.42. The first-order chi connectivity index (χ1) is 5.90. The summed E-state index contributed by atoms with van der Waals surface area (Å²) in [6, 6.07) is 3.63. The minimum absolute atomic E-state index is 0.538. The fourth-order valence-electron chi connectivity index (χ4n) is 0.926. The van der Waals surface area contributed by atoms with Crippen molar-refractivity contribution in [1.82, 2.24) is 15.0 Å². The summed E-state index contributed by atoms with van der Waals surface area (Å²) >= 11 is 0. The van der Waals surface area contributed by atoms with E-state index in [1.807, 2.05) is 6.07 Å². The predicted molar refractivity (Wildman–Crippen MR) is 45.3 cm³/mol. The lowest BCUT2D eigenvalue weighted by Gasteiger charge is -1.93. The van der Waals surface area contributed by atoms with Gasteiger partial charge < -0.3 is 0 Å². The van der Waals surface area contributed by atoms with Gasteiger partial charge in [-0.25, -0.2) is 15.0 Å². The molecule has 0 aliphatic carbocycles. The van der Waals surface area contributed by atoms with Crippen molar-refractivity contribution >= 4 is 11.2 Å². The Morgan fingerprint density at radius 2 is 2.25 bits per heavy atom. The van der Waals surface area contributed by atoms with Gasteiger partial charge in [-0.1, -0.05) is 0 Å². The molecule has 0 atom stereocenters. The number of pyridine rings is 1. The van der Waals surface area contributed by atoms with Crippen LogP contribution in [-0.2, 0) is 0 Å². The van der Waals surface area contributed by atoms with E-state index < -0.39 is 0 Å². The molecule has 0 saturated heterocycles. The molecule has 0 aliphatic rings. The lowest BCUT2D eigenvalue weighted by molar-refractivity contribution is 1.20. The summed E-state index contributed by atoms with van der Waals surface area (Å²) in [4.78, 5) is 12.2. The van der Waals surface area contributed by atoms with Crippen molar-refractivity contribution in [2.24, 2.45) is 0 Å². The van der Waals surface area contributed by atoms with Crippen LogP contribution in [-0.4, -0.2) is 15.0 Å². The first kappa shape index (κ1) is 6.74. The van der Waals surface area contributed by atoms with E-state index in [1.54, 1.807) is 12.3 Å². The average molecular weight is 155 g/mol. The first-order valence-electron chi connectivity index (χ1n) is 3.44. The third-order valence-electron chi connectivity index (χ3n) is 1.46. The zero-order valence-electron chi connectivity index (χ0n) is 6.23. The van der Waals surface area contributed by atoms with Gasteiger partial charge in [-0.3, -0.25) is 0 Å². The molecule has 0 spiro atoms. The number of hydrogen-bond donors (Lipinski definition) is 0. The van der Waals surface area contributed by atoms with Crippen LogP contribution in [0.15, 0.2) is 24.5 Å². The van der Waals surface area contributed by atoms with Crippen molar-refractivity contribution in [3.05, 3.63) is 30.2 Å². The summed E-state index contributed by atoms with van der Waals surface area (Å²) in [5.41, 5.74) is 1.89. The highest BCUT2D eigenvalue weighted by atomic mass is 14.9. The summed E-state index contributed by atoms with van der Waals surface area (Å²) < 4.78 is 0. The largest absolute Gasteiger partial charge is 0.235 e. The molecule has 2 heterocycles. The van der Waals surface area contributed by atoms with E-state index in [9.17, 15) is 0 Å². The van der Waals surface area contributed by atoms with Gasteiger partial charge in [0.15, 0.2) is 5.65 Å². The molecule has 0 fully saturated rings. The Morgan fingerprint density at radius 1 is 1.33 bits per heavy atom. The molecule has 3 nitrogen and oxygen atoms in total. The number of nitrogens with zero attached hydrogens (tertiary/aromatic N) is 3. The van der Waals surface area contributed by atoms with Gasteiger partial charge in [0, 0.05) is 6.20 Å². The second kappa shape index (κ2) is 2.59. The Labute approximate surface area is 69.5 Å². The van der Waals surface area contributed by atoms with Crippen LogP contribution in [0.2, 0.25) is 0 Å². The lowest BCUT2D eigenvalue weighted by Crippen LogP contribution is -1.89. The number of aromatic nitrogens is 3. The Bertz CT molecular complexity index is 457. The second-order valence-corrected chi connectivity index (χ2v) is 2.25. The Kier molecular flexibility index (Phi) is 1.45. The van der Waals surface area contributed by atoms with Gasteiger partial charge in [0.05, 0.1) is 6.20 Å². The molecule has 2 rings (SSSR count). The van der Waals surface area contributed by atoms with Crippen molar-refractivity contribution in [2.75, 3.05) is 0 Å². The number of fused-ring (bicyclic) bond motifs is 1. The van der Waals surface area contributed by atoms with Crippen LogP contribution in [0, 0.1) is 12.3 Å². The maximum atomic E-state index is 5.17. The van der Waals surface area contributed by atoms with E-state index in [4.69, 9.17) is 6.42 Å². The number of hydrogen-bond acceptors (Lipinski definition) is 3. The van der Waals surface area contributed by atoms with Gasteiger partial charge >= 0.3 is 0 Å². The molecular weight excluding hydrogens is 150 g/mol. The molecule has 0 amide bonds. The molecule has 0 bridgehead atoms. The van der Waals surface area contributed by atoms with Gasteiger partial charge in [0.25, 0.3) is 0 Å². The topological polar surface area (TPSA) is 38.7 Å². The van der Waals surface area contributed by atoms with Crippen molar-refractivity contribution in [2.45, 2.75) is 0 Å². The van der Waals surface area contributed by atoms with Crippen molar-refractivity contribution in [1.29, 1.82) is 0 Å². The molecule has 0 saturated carbocycles. The van der Waals surface area contributed by atoms with Crippen molar-refractivity contribution in [3.8, 4) is 12.3 Å². The monoisotopic (exact) mass is 155 g/mol. The van der Waals surface area contributed by atoms with Gasteiger partial charge in [-0.05, 0) is 18.1 Å². The fraction of sp³-hybridized carbons (Fsp3) is 0. The normalized spacial score (nSPS) is 9.58. The standard InChI is InChI=1S/C9H5N3/c1-2-7-6-11-9-8(12-7)4-3-5-10-9/h1,3-6H. The van der Waals surface area contributed by atoms with Crippen LogP contribution in [0.4, 0.5) is 0 Å². The highest BCUT2D eigenvalue weighted by molar-refractivity contribution is 5.69. The van der Waals surface area contributed by atoms with Crippen LogP contribution in [0.1, 0.15) is 5.69 Å². The third-order valence-corrected chi connectivity index (χ3v) is 1.46. The summed E-state index contributed by atoms with van der Waals surface area (Å²) in [7, 11) is 0. The zero-order chi connectivity index (χ0) is 8.39. The second-order valence-electron chi connectivity index (χ2n) is 2.25. The molecule has 0 aromatic carbocycles. The first-order valence-corrected chi connectivity index (χ1v) is 3.44. The molecule has 2 aromatic rings. The lowest BCUT2D eigenvalue weighted by atomic mass is 10.4. The maximum absolute atomic E-state index is 5.17. The van der Waals surface area contributed by atoms with Gasteiger partial charge in [0.2, 0.25) is 0 Å². The molecule has 0 unspecified atom stereocenters. The van der Waals surface area contributed by atoms with Crippen LogP contribution >= 0.6 is 0 Å². The molecular formula is C9H5N3. The third kappa shape index (κ3) is 0.995. The molecule has 56 valence electrons. The van der Waals surface area contributed by atoms with E-state index in [2.05, 4.69) is 20.9 Å². The van der Waals surface area contributed by atoms with Crippen LogP contribution < -0.4 is 0 Å². The zero-order valence-corrected chi connectivity index (χ0v) is 6.23. The Balaban J connectivity index is 2.78. The number of terminal acetylenes is 1. The van der Waals surface area contributed by atoms with Gasteiger partial charge in [0.1, 0.15) is 11.2 Å². The SMILES string of the molecule is C#Cc1cnc2ncccc2n1. The maximum Gasteiger partial charge on any atom is 0.178 e. The summed E-state index contributed by atoms with van der Waals surface area (Å²) in [6.45, 7) is 0. The Hall–Kier alpha value is -1.95. The molecule has 0 N–H and O–H groups in total. The van der Waals surface area contributed by atoms with Crippen LogP contribution in [0.5, 0.6) is 0 Å². The van der Waals surface area contributed by atoms with E-state index in [-0.39, 0.29) is 0 Å². The molecule has 0 aliphatic heterocycles. The van der Waals surface area contributed by atoms with E-state index in [1.165, 1.54) is 6.20 Å². The molecule has 2 aromatic heterocycles. The molecule has 3 heteroatoms. The fourth-order valence-corrected chi connectivity index (χ4v) is 0.926. The van der Waals surface area contributed by atoms with Gasteiger partial charge in [-0.2, -0.15) is 0 Å². The minimum atomic E-state index is 0.538. The average Bonchev–Trinajstić information content (AvgIpc) is 2.17. The molecule has 12 heavy (non-hydrogen) atoms. The predicted octanol–water partition coefficient (Wildman–Crippen LogP) is 1.01. The van der Waals surface area contributed by atoms with Crippen molar-refractivity contribution in [3.63, 3.8) is 0 Å². The highest BCUT2D eigenvalue weighted by Crippen LogP contribution is 2.03. The number of rotatable bonds is 0.